The third-order valence-electron chi connectivity index (χ3n) is 2.75. The van der Waals surface area contributed by atoms with Crippen LogP contribution >= 0.6 is 0 Å². The number of esters is 2. The third-order valence-corrected chi connectivity index (χ3v) is 2.75. The van der Waals surface area contributed by atoms with E-state index in [1.54, 1.807) is 38.1 Å². The molecule has 0 aliphatic heterocycles. The number of hydrogen-bond acceptors (Lipinski definition) is 5. The molecule has 0 saturated carbocycles. The largest absolute Gasteiger partial charge is 0.462 e. The molecule has 0 spiro atoms. The lowest BCUT2D eigenvalue weighted by atomic mass is 10.1. The molecule has 1 heterocycles. The molecule has 0 N–H and O–H groups in total. The molecule has 5 heteroatoms. The number of rotatable bonds is 4. The van der Waals surface area contributed by atoms with Gasteiger partial charge in [0.2, 0.25) is 0 Å². The molecule has 5 nitrogen and oxygen atoms in total. The summed E-state index contributed by atoms with van der Waals surface area (Å²) in [6.07, 6.45) is 1.52. The molecule has 104 valence electrons. The summed E-state index contributed by atoms with van der Waals surface area (Å²) >= 11 is 0. The van der Waals surface area contributed by atoms with Crippen LogP contribution in [0.1, 0.15) is 34.6 Å². The molecule has 0 saturated heterocycles. The van der Waals surface area contributed by atoms with Crippen LogP contribution < -0.4 is 0 Å². The number of benzene rings is 1. The van der Waals surface area contributed by atoms with Gasteiger partial charge in [0.05, 0.1) is 29.9 Å². The molecule has 0 aliphatic rings. The van der Waals surface area contributed by atoms with Crippen LogP contribution in [-0.4, -0.2) is 30.1 Å². The van der Waals surface area contributed by atoms with Crippen LogP contribution in [0.25, 0.3) is 10.9 Å². The van der Waals surface area contributed by atoms with Gasteiger partial charge in [-0.2, -0.15) is 0 Å². The minimum Gasteiger partial charge on any atom is -0.462 e. The van der Waals surface area contributed by atoms with Crippen molar-refractivity contribution in [1.82, 2.24) is 4.98 Å². The molecular weight excluding hydrogens is 258 g/mol. The Morgan fingerprint density at radius 1 is 1.05 bits per heavy atom. The molecule has 2 aromatic rings. The van der Waals surface area contributed by atoms with Gasteiger partial charge in [-0.15, -0.1) is 0 Å². The van der Waals surface area contributed by atoms with Gasteiger partial charge in [-0.3, -0.25) is 4.98 Å². The summed E-state index contributed by atoms with van der Waals surface area (Å²) in [5, 5.41) is 0.652. The summed E-state index contributed by atoms with van der Waals surface area (Å²) in [6, 6.07) is 6.51. The van der Waals surface area contributed by atoms with E-state index in [1.807, 2.05) is 0 Å². The van der Waals surface area contributed by atoms with E-state index < -0.39 is 11.9 Å². The Labute approximate surface area is 116 Å². The fourth-order valence-electron chi connectivity index (χ4n) is 1.88. The lowest BCUT2D eigenvalue weighted by molar-refractivity contribution is 0.0519. The molecule has 0 atom stereocenters. The molecule has 0 radical (unpaired) electrons. The van der Waals surface area contributed by atoms with Crippen LogP contribution in [0.3, 0.4) is 0 Å². The van der Waals surface area contributed by atoms with Gasteiger partial charge in [0, 0.05) is 11.6 Å². The Morgan fingerprint density at radius 2 is 1.75 bits per heavy atom. The van der Waals surface area contributed by atoms with Crippen molar-refractivity contribution in [2.75, 3.05) is 13.2 Å². The van der Waals surface area contributed by atoms with E-state index in [2.05, 4.69) is 4.98 Å². The van der Waals surface area contributed by atoms with E-state index in [9.17, 15) is 9.59 Å². The minimum atomic E-state index is -0.405. The number of carbonyl (C=O) groups is 2. The standard InChI is InChI=1S/C15H15NO4/c1-3-19-14(17)10-5-6-11-12(15(18)20-4-2)7-8-16-13(11)9-10/h5-9H,3-4H2,1-2H3. The van der Waals surface area contributed by atoms with Crippen molar-refractivity contribution < 1.29 is 19.1 Å². The SMILES string of the molecule is CCOC(=O)c1ccc2c(C(=O)OCC)ccnc2c1. The lowest BCUT2D eigenvalue weighted by Crippen LogP contribution is -2.07. The van der Waals surface area contributed by atoms with Crippen LogP contribution in [0.15, 0.2) is 30.5 Å². The van der Waals surface area contributed by atoms with Gasteiger partial charge in [-0.25, -0.2) is 9.59 Å². The molecular formula is C15H15NO4. The molecule has 2 rings (SSSR count). The monoisotopic (exact) mass is 273 g/mol. The molecule has 1 aromatic carbocycles. The maximum Gasteiger partial charge on any atom is 0.338 e. The molecule has 0 fully saturated rings. The summed E-state index contributed by atoms with van der Waals surface area (Å²) < 4.78 is 9.93. The zero-order valence-electron chi connectivity index (χ0n) is 11.4. The van der Waals surface area contributed by atoms with Crippen molar-refractivity contribution in [2.24, 2.45) is 0 Å². The summed E-state index contributed by atoms with van der Waals surface area (Å²) in [4.78, 5) is 27.7. The molecule has 1 aromatic heterocycles. The second kappa shape index (κ2) is 6.14. The van der Waals surface area contributed by atoms with Gasteiger partial charge in [0.15, 0.2) is 0 Å². The quantitative estimate of drug-likeness (QED) is 0.801. The van der Waals surface area contributed by atoms with E-state index in [1.165, 1.54) is 6.20 Å². The van der Waals surface area contributed by atoms with Gasteiger partial charge in [-0.1, -0.05) is 6.07 Å². The number of aromatic nitrogens is 1. The predicted octanol–water partition coefficient (Wildman–Crippen LogP) is 2.59. The van der Waals surface area contributed by atoms with Crippen molar-refractivity contribution in [3.63, 3.8) is 0 Å². The van der Waals surface area contributed by atoms with Gasteiger partial charge in [0.25, 0.3) is 0 Å². The van der Waals surface area contributed by atoms with Crippen LogP contribution in [0, 0.1) is 0 Å². The zero-order chi connectivity index (χ0) is 14.5. The maximum atomic E-state index is 11.8. The smallest absolute Gasteiger partial charge is 0.338 e. The third kappa shape index (κ3) is 2.77. The number of fused-ring (bicyclic) bond motifs is 1. The molecule has 0 unspecified atom stereocenters. The molecule has 0 aliphatic carbocycles. The minimum absolute atomic E-state index is 0.309. The molecule has 0 bridgehead atoms. The number of carbonyl (C=O) groups excluding carboxylic acids is 2. The average molecular weight is 273 g/mol. The topological polar surface area (TPSA) is 65.5 Å². The van der Waals surface area contributed by atoms with E-state index in [4.69, 9.17) is 9.47 Å². The Balaban J connectivity index is 2.45. The van der Waals surface area contributed by atoms with E-state index in [-0.39, 0.29) is 0 Å². The maximum absolute atomic E-state index is 11.8. The van der Waals surface area contributed by atoms with Crippen LogP contribution in [-0.2, 0) is 9.47 Å². The fourth-order valence-corrected chi connectivity index (χ4v) is 1.88. The summed E-state index contributed by atoms with van der Waals surface area (Å²) in [6.45, 7) is 4.12. The second-order valence-electron chi connectivity index (χ2n) is 4.03. The van der Waals surface area contributed by atoms with Gasteiger partial charge < -0.3 is 9.47 Å². The Kier molecular flexibility index (Phi) is 4.30. The first-order valence-corrected chi connectivity index (χ1v) is 6.40. The fraction of sp³-hybridized carbons (Fsp3) is 0.267. The van der Waals surface area contributed by atoms with Gasteiger partial charge >= 0.3 is 11.9 Å². The van der Waals surface area contributed by atoms with Crippen LogP contribution in [0.2, 0.25) is 0 Å². The van der Waals surface area contributed by atoms with E-state index >= 15 is 0 Å². The second-order valence-corrected chi connectivity index (χ2v) is 4.03. The number of nitrogens with zero attached hydrogens (tertiary/aromatic N) is 1. The number of pyridine rings is 1. The zero-order valence-corrected chi connectivity index (χ0v) is 11.4. The Hall–Kier alpha value is -2.43. The van der Waals surface area contributed by atoms with Crippen molar-refractivity contribution in [3.05, 3.63) is 41.6 Å². The first-order valence-electron chi connectivity index (χ1n) is 6.40. The number of ether oxygens (including phenoxy) is 2. The van der Waals surface area contributed by atoms with Crippen LogP contribution in [0.5, 0.6) is 0 Å². The summed E-state index contributed by atoms with van der Waals surface area (Å²) in [5.41, 5.74) is 1.40. The highest BCUT2D eigenvalue weighted by molar-refractivity contribution is 6.04. The van der Waals surface area contributed by atoms with Crippen LogP contribution in [0.4, 0.5) is 0 Å². The highest BCUT2D eigenvalue weighted by Crippen LogP contribution is 2.19. The van der Waals surface area contributed by atoms with Gasteiger partial charge in [0.1, 0.15) is 0 Å². The Bertz CT molecular complexity index is 651. The van der Waals surface area contributed by atoms with Crippen molar-refractivity contribution >= 4 is 22.8 Å². The Morgan fingerprint density at radius 3 is 2.45 bits per heavy atom. The van der Waals surface area contributed by atoms with Crippen molar-refractivity contribution in [2.45, 2.75) is 13.8 Å². The summed E-state index contributed by atoms with van der Waals surface area (Å²) in [5.74, 6) is -0.804. The highest BCUT2D eigenvalue weighted by atomic mass is 16.5. The first-order chi connectivity index (χ1) is 9.67. The van der Waals surface area contributed by atoms with Gasteiger partial charge in [-0.05, 0) is 32.0 Å². The number of hydrogen-bond donors (Lipinski definition) is 0. The summed E-state index contributed by atoms with van der Waals surface area (Å²) in [7, 11) is 0. The predicted molar refractivity (Wildman–Crippen MR) is 73.7 cm³/mol. The van der Waals surface area contributed by atoms with Crippen molar-refractivity contribution in [1.29, 1.82) is 0 Å². The molecule has 0 amide bonds. The lowest BCUT2D eigenvalue weighted by Gasteiger charge is -2.07. The van der Waals surface area contributed by atoms with E-state index in [0.29, 0.717) is 35.2 Å². The normalized spacial score (nSPS) is 10.3. The van der Waals surface area contributed by atoms with E-state index in [0.717, 1.165) is 0 Å². The highest BCUT2D eigenvalue weighted by Gasteiger charge is 2.13. The average Bonchev–Trinajstić information content (AvgIpc) is 2.46. The van der Waals surface area contributed by atoms with Crippen molar-refractivity contribution in [3.8, 4) is 0 Å². The first kappa shape index (κ1) is 14.0. The molecule has 20 heavy (non-hydrogen) atoms.